The van der Waals surface area contributed by atoms with E-state index in [2.05, 4.69) is 17.9 Å². The highest BCUT2D eigenvalue weighted by molar-refractivity contribution is 5.92. The quantitative estimate of drug-likeness (QED) is 0.579. The fraction of sp³-hybridized carbons (Fsp3) is 0.143. The van der Waals surface area contributed by atoms with Crippen LogP contribution in [0.25, 0.3) is 12.2 Å². The van der Waals surface area contributed by atoms with Crippen molar-refractivity contribution in [1.82, 2.24) is 0 Å². The molecule has 1 aliphatic rings. The second-order valence-corrected chi connectivity index (χ2v) is 3.38. The van der Waals surface area contributed by atoms with Crippen molar-refractivity contribution in [2.45, 2.75) is 12.8 Å². The Hall–Kier alpha value is -2.16. The van der Waals surface area contributed by atoms with E-state index in [1.807, 2.05) is 36.4 Å². The van der Waals surface area contributed by atoms with E-state index in [-0.39, 0.29) is 12.8 Å². The topological polar surface area (TPSA) is 43.4 Å². The van der Waals surface area contributed by atoms with E-state index >= 15 is 0 Å². The summed E-state index contributed by atoms with van der Waals surface area (Å²) in [6.07, 6.45) is 4.19. The Labute approximate surface area is 100 Å². The molecule has 88 valence electrons. The Morgan fingerprint density at radius 2 is 1.35 bits per heavy atom. The van der Waals surface area contributed by atoms with Crippen LogP contribution < -0.4 is 0 Å². The zero-order chi connectivity index (χ0) is 12.7. The average Bonchev–Trinajstić information content (AvgIpc) is 2.73. The second kappa shape index (κ2) is 6.43. The fourth-order valence-electron chi connectivity index (χ4n) is 1.32. The molecule has 1 fully saturated rings. The molecule has 1 aromatic carbocycles. The molecule has 1 aliphatic heterocycles. The monoisotopic (exact) mass is 230 g/mol. The number of hydrogen-bond donors (Lipinski definition) is 0. The number of carbonyl (C=O) groups excluding carboxylic acids is 2. The van der Waals surface area contributed by atoms with Crippen LogP contribution in [0.1, 0.15) is 24.0 Å². The van der Waals surface area contributed by atoms with Crippen LogP contribution in [0.5, 0.6) is 0 Å². The summed E-state index contributed by atoms with van der Waals surface area (Å²) < 4.78 is 4.08. The van der Waals surface area contributed by atoms with Crippen molar-refractivity contribution >= 4 is 24.1 Å². The second-order valence-electron chi connectivity index (χ2n) is 3.38. The van der Waals surface area contributed by atoms with E-state index in [0.717, 1.165) is 11.1 Å². The molecule has 0 radical (unpaired) electrons. The predicted molar refractivity (Wildman–Crippen MR) is 67.0 cm³/mol. The molecule has 3 nitrogen and oxygen atoms in total. The Balaban J connectivity index is 0.000000181. The first kappa shape index (κ1) is 12.9. The van der Waals surface area contributed by atoms with E-state index in [0.29, 0.717) is 0 Å². The molecule has 0 saturated carbocycles. The molecule has 0 unspecified atom stereocenters. The van der Waals surface area contributed by atoms with E-state index in [4.69, 9.17) is 0 Å². The molecule has 0 amide bonds. The van der Waals surface area contributed by atoms with Gasteiger partial charge in [0.25, 0.3) is 0 Å². The van der Waals surface area contributed by atoms with Gasteiger partial charge in [0.1, 0.15) is 0 Å². The minimum absolute atomic E-state index is 0.263. The van der Waals surface area contributed by atoms with Gasteiger partial charge in [-0.1, -0.05) is 49.6 Å². The van der Waals surface area contributed by atoms with Crippen molar-refractivity contribution < 1.29 is 14.3 Å². The molecule has 0 aromatic heterocycles. The van der Waals surface area contributed by atoms with E-state index < -0.39 is 11.9 Å². The van der Waals surface area contributed by atoms with E-state index in [1.54, 1.807) is 0 Å². The highest BCUT2D eigenvalue weighted by Gasteiger charge is 2.19. The third-order valence-corrected chi connectivity index (χ3v) is 2.20. The van der Waals surface area contributed by atoms with Crippen molar-refractivity contribution in [2.24, 2.45) is 0 Å². The smallest absolute Gasteiger partial charge is 0.314 e. The predicted octanol–water partition coefficient (Wildman–Crippen LogP) is 2.82. The average molecular weight is 230 g/mol. The Morgan fingerprint density at radius 3 is 1.59 bits per heavy atom. The maximum absolute atomic E-state index is 10.0. The lowest BCUT2D eigenvalue weighted by Crippen LogP contribution is -1.94. The van der Waals surface area contributed by atoms with Crippen LogP contribution in [0.15, 0.2) is 37.4 Å². The lowest BCUT2D eigenvalue weighted by molar-refractivity contribution is -0.151. The van der Waals surface area contributed by atoms with Crippen LogP contribution >= 0.6 is 0 Å². The van der Waals surface area contributed by atoms with Crippen molar-refractivity contribution in [3.8, 4) is 0 Å². The Morgan fingerprint density at radius 1 is 0.941 bits per heavy atom. The molecule has 0 atom stereocenters. The normalized spacial score (nSPS) is 13.4. The number of ether oxygens (including phenoxy) is 1. The molecule has 0 N–H and O–H groups in total. The summed E-state index contributed by atoms with van der Waals surface area (Å²) in [5, 5.41) is 0. The summed E-state index contributed by atoms with van der Waals surface area (Å²) in [7, 11) is 0. The molecule has 1 aromatic rings. The van der Waals surface area contributed by atoms with Gasteiger partial charge in [-0.25, -0.2) is 0 Å². The van der Waals surface area contributed by atoms with Crippen LogP contribution in [-0.2, 0) is 14.3 Å². The lowest BCUT2D eigenvalue weighted by atomic mass is 10.1. The molecule has 3 heteroatoms. The first-order valence-corrected chi connectivity index (χ1v) is 5.24. The number of esters is 2. The highest BCUT2D eigenvalue weighted by Crippen LogP contribution is 2.10. The van der Waals surface area contributed by atoms with Gasteiger partial charge in [0.15, 0.2) is 0 Å². The summed E-state index contributed by atoms with van der Waals surface area (Å²) in [4.78, 5) is 20.0. The molecule has 1 saturated heterocycles. The maximum atomic E-state index is 10.0. The molecule has 0 aliphatic carbocycles. The summed E-state index contributed by atoms with van der Waals surface area (Å²) in [6.45, 7) is 7.38. The minimum Gasteiger partial charge on any atom is -0.393 e. The number of rotatable bonds is 2. The molecule has 0 spiro atoms. The molecular formula is C14H14O3. The van der Waals surface area contributed by atoms with Crippen molar-refractivity contribution in [2.75, 3.05) is 0 Å². The van der Waals surface area contributed by atoms with Crippen molar-refractivity contribution in [3.05, 3.63) is 48.6 Å². The first-order chi connectivity index (χ1) is 8.17. The summed E-state index contributed by atoms with van der Waals surface area (Å²) in [5.41, 5.74) is 2.27. The van der Waals surface area contributed by atoms with Gasteiger partial charge >= 0.3 is 11.9 Å². The van der Waals surface area contributed by atoms with Crippen molar-refractivity contribution in [3.63, 3.8) is 0 Å². The number of carbonyl (C=O) groups is 2. The van der Waals surface area contributed by atoms with Gasteiger partial charge in [0.2, 0.25) is 0 Å². The summed E-state index contributed by atoms with van der Waals surface area (Å²) in [5.74, 6) is -0.796. The SMILES string of the molecule is C=Cc1ccccc1C=C.O=C1CCC(=O)O1. The fourth-order valence-corrected chi connectivity index (χ4v) is 1.32. The number of benzene rings is 1. The standard InChI is InChI=1S/C10H10.C4H4O3/c1-3-9-7-5-6-8-10(9)4-2;5-3-1-2-4(6)7-3/h3-8H,1-2H2;1-2H2. The van der Waals surface area contributed by atoms with Gasteiger partial charge in [-0.05, 0) is 11.1 Å². The summed E-state index contributed by atoms with van der Waals surface area (Å²) >= 11 is 0. The van der Waals surface area contributed by atoms with Gasteiger partial charge in [0, 0.05) is 0 Å². The van der Waals surface area contributed by atoms with Crippen molar-refractivity contribution in [1.29, 1.82) is 0 Å². The molecular weight excluding hydrogens is 216 g/mol. The van der Waals surface area contributed by atoms with Gasteiger partial charge in [0.05, 0.1) is 12.8 Å². The minimum atomic E-state index is -0.398. The van der Waals surface area contributed by atoms with Crippen LogP contribution in [0.4, 0.5) is 0 Å². The maximum Gasteiger partial charge on any atom is 0.314 e. The van der Waals surface area contributed by atoms with Crippen LogP contribution in [0, 0.1) is 0 Å². The third kappa shape index (κ3) is 4.07. The Kier molecular flexibility index (Phi) is 4.88. The van der Waals surface area contributed by atoms with Crippen LogP contribution in [0.2, 0.25) is 0 Å². The van der Waals surface area contributed by atoms with E-state index in [9.17, 15) is 9.59 Å². The number of cyclic esters (lactones) is 2. The van der Waals surface area contributed by atoms with E-state index in [1.165, 1.54) is 0 Å². The van der Waals surface area contributed by atoms with Gasteiger partial charge in [-0.3, -0.25) is 9.59 Å². The molecule has 17 heavy (non-hydrogen) atoms. The molecule has 2 rings (SSSR count). The van der Waals surface area contributed by atoms with Crippen LogP contribution in [-0.4, -0.2) is 11.9 Å². The number of hydrogen-bond acceptors (Lipinski definition) is 3. The molecule has 1 heterocycles. The van der Waals surface area contributed by atoms with Crippen LogP contribution in [0.3, 0.4) is 0 Å². The third-order valence-electron chi connectivity index (χ3n) is 2.20. The summed E-state index contributed by atoms with van der Waals surface area (Å²) in [6, 6.07) is 8.02. The highest BCUT2D eigenvalue weighted by atomic mass is 16.6. The zero-order valence-corrected chi connectivity index (χ0v) is 9.52. The lowest BCUT2D eigenvalue weighted by Gasteiger charge is -1.96. The zero-order valence-electron chi connectivity index (χ0n) is 9.52. The van der Waals surface area contributed by atoms with Gasteiger partial charge in [-0.15, -0.1) is 0 Å². The molecule has 0 bridgehead atoms. The van der Waals surface area contributed by atoms with Gasteiger partial charge < -0.3 is 4.74 Å². The first-order valence-electron chi connectivity index (χ1n) is 5.24. The largest absolute Gasteiger partial charge is 0.393 e. The Bertz CT molecular complexity index is 406. The van der Waals surface area contributed by atoms with Gasteiger partial charge in [-0.2, -0.15) is 0 Å².